The zero-order valence-electron chi connectivity index (χ0n) is 11.1. The van der Waals surface area contributed by atoms with E-state index in [9.17, 15) is 0 Å². The smallest absolute Gasteiger partial charge is 0.119 e. The first-order chi connectivity index (χ1) is 8.85. The molecule has 1 aliphatic carbocycles. The molecule has 0 spiro atoms. The van der Waals surface area contributed by atoms with Crippen molar-refractivity contribution in [2.45, 2.75) is 25.4 Å². The van der Waals surface area contributed by atoms with Crippen molar-refractivity contribution in [3.63, 3.8) is 0 Å². The average molecular weight is 246 g/mol. The minimum Gasteiger partial charge on any atom is -0.497 e. The van der Waals surface area contributed by atoms with Crippen LogP contribution < -0.4 is 10.1 Å². The second kappa shape index (κ2) is 5.29. The molecule has 1 atom stereocenters. The van der Waals surface area contributed by atoms with Gasteiger partial charge in [-0.25, -0.2) is 0 Å². The van der Waals surface area contributed by atoms with Crippen LogP contribution in [0.15, 0.2) is 24.3 Å². The van der Waals surface area contributed by atoms with Crippen LogP contribution in [0, 0.1) is 5.92 Å². The summed E-state index contributed by atoms with van der Waals surface area (Å²) in [5.41, 5.74) is 1.35. The summed E-state index contributed by atoms with van der Waals surface area (Å²) in [5, 5.41) is 3.65. The fraction of sp³-hybridized carbons (Fsp3) is 0.600. The maximum absolute atomic E-state index is 5.28. The number of hydrogen-bond donors (Lipinski definition) is 1. The Morgan fingerprint density at radius 3 is 3.06 bits per heavy atom. The third-order valence-electron chi connectivity index (χ3n) is 4.02. The first kappa shape index (κ1) is 12.0. The first-order valence-electron chi connectivity index (χ1n) is 6.94. The van der Waals surface area contributed by atoms with Crippen molar-refractivity contribution in [3.05, 3.63) is 29.8 Å². The lowest BCUT2D eigenvalue weighted by atomic mass is 10.1. The van der Waals surface area contributed by atoms with E-state index in [1.54, 1.807) is 7.11 Å². The molecule has 0 aromatic heterocycles. The molecule has 1 aliphatic heterocycles. The van der Waals surface area contributed by atoms with Gasteiger partial charge in [0.05, 0.1) is 7.11 Å². The van der Waals surface area contributed by atoms with Crippen LogP contribution in [0.3, 0.4) is 0 Å². The molecule has 98 valence electrons. The fourth-order valence-corrected chi connectivity index (χ4v) is 2.83. The number of hydrogen-bond acceptors (Lipinski definition) is 3. The van der Waals surface area contributed by atoms with E-state index in [-0.39, 0.29) is 0 Å². The van der Waals surface area contributed by atoms with Crippen LogP contribution in [0.2, 0.25) is 0 Å². The molecule has 0 amide bonds. The van der Waals surface area contributed by atoms with Crippen LogP contribution in [0.25, 0.3) is 0 Å². The number of methoxy groups -OCH3 is 1. The summed E-state index contributed by atoms with van der Waals surface area (Å²) in [6, 6.07) is 9.15. The molecule has 1 aromatic rings. The molecule has 1 aromatic carbocycles. The van der Waals surface area contributed by atoms with E-state index < -0.39 is 0 Å². The summed E-state index contributed by atoms with van der Waals surface area (Å²) in [7, 11) is 1.73. The predicted molar refractivity (Wildman–Crippen MR) is 72.8 cm³/mol. The Morgan fingerprint density at radius 2 is 2.28 bits per heavy atom. The molecule has 2 aliphatic rings. The van der Waals surface area contributed by atoms with Gasteiger partial charge < -0.3 is 10.1 Å². The van der Waals surface area contributed by atoms with E-state index in [4.69, 9.17) is 4.74 Å². The number of benzene rings is 1. The maximum Gasteiger partial charge on any atom is 0.119 e. The lowest BCUT2D eigenvalue weighted by Crippen LogP contribution is -2.51. The van der Waals surface area contributed by atoms with Crippen molar-refractivity contribution in [3.8, 4) is 5.75 Å². The van der Waals surface area contributed by atoms with Gasteiger partial charge in [0.25, 0.3) is 0 Å². The summed E-state index contributed by atoms with van der Waals surface area (Å²) < 4.78 is 5.28. The summed E-state index contributed by atoms with van der Waals surface area (Å²) in [6.45, 7) is 4.52. The Labute approximate surface area is 109 Å². The Kier molecular flexibility index (Phi) is 3.52. The normalized spacial score (nSPS) is 25.1. The topological polar surface area (TPSA) is 24.5 Å². The number of ether oxygens (including phenoxy) is 1. The van der Waals surface area contributed by atoms with E-state index in [1.807, 2.05) is 6.07 Å². The minimum atomic E-state index is 0.726. The van der Waals surface area contributed by atoms with Gasteiger partial charge >= 0.3 is 0 Å². The molecular weight excluding hydrogens is 224 g/mol. The highest BCUT2D eigenvalue weighted by atomic mass is 16.5. The third-order valence-corrected chi connectivity index (χ3v) is 4.02. The van der Waals surface area contributed by atoms with E-state index in [0.29, 0.717) is 0 Å². The molecule has 1 saturated heterocycles. The summed E-state index contributed by atoms with van der Waals surface area (Å²) >= 11 is 0. The fourth-order valence-electron chi connectivity index (χ4n) is 2.83. The van der Waals surface area contributed by atoms with Gasteiger partial charge in [0.1, 0.15) is 5.75 Å². The van der Waals surface area contributed by atoms with Crippen molar-refractivity contribution >= 4 is 0 Å². The lowest BCUT2D eigenvalue weighted by Gasteiger charge is -2.34. The van der Waals surface area contributed by atoms with Gasteiger partial charge in [-0.2, -0.15) is 0 Å². The molecule has 3 nitrogen and oxygen atoms in total. The van der Waals surface area contributed by atoms with E-state index in [1.165, 1.54) is 24.9 Å². The Balaban J connectivity index is 1.60. The standard InChI is InChI=1S/C15H22N2O/c1-18-14-4-2-3-12(9-14)10-17-8-7-16-15(11-17)13-5-6-13/h2-4,9,13,15-16H,5-8,10-11H2,1H3. The molecule has 1 saturated carbocycles. The number of piperazine rings is 1. The van der Waals surface area contributed by atoms with Crippen LogP contribution in [0.5, 0.6) is 5.75 Å². The Bertz CT molecular complexity index is 403. The largest absolute Gasteiger partial charge is 0.497 e. The molecule has 1 heterocycles. The Hall–Kier alpha value is -1.06. The highest BCUT2D eigenvalue weighted by Crippen LogP contribution is 2.33. The molecule has 2 fully saturated rings. The van der Waals surface area contributed by atoms with Gasteiger partial charge in [0, 0.05) is 32.2 Å². The molecule has 18 heavy (non-hydrogen) atoms. The van der Waals surface area contributed by atoms with Gasteiger partial charge in [-0.15, -0.1) is 0 Å². The molecular formula is C15H22N2O. The monoisotopic (exact) mass is 246 g/mol. The zero-order chi connectivity index (χ0) is 12.4. The Morgan fingerprint density at radius 1 is 1.39 bits per heavy atom. The molecule has 0 bridgehead atoms. The van der Waals surface area contributed by atoms with Gasteiger partial charge in [0.2, 0.25) is 0 Å². The van der Waals surface area contributed by atoms with Gasteiger partial charge in [-0.1, -0.05) is 12.1 Å². The van der Waals surface area contributed by atoms with Crippen LogP contribution in [-0.4, -0.2) is 37.7 Å². The summed E-state index contributed by atoms with van der Waals surface area (Å²) in [5.74, 6) is 1.90. The second-order valence-electron chi connectivity index (χ2n) is 5.48. The van der Waals surface area contributed by atoms with Crippen molar-refractivity contribution in [1.82, 2.24) is 10.2 Å². The molecule has 1 unspecified atom stereocenters. The van der Waals surface area contributed by atoms with Crippen LogP contribution in [0.1, 0.15) is 18.4 Å². The van der Waals surface area contributed by atoms with Crippen molar-refractivity contribution in [1.29, 1.82) is 0 Å². The first-order valence-corrected chi connectivity index (χ1v) is 6.94. The number of nitrogens with zero attached hydrogens (tertiary/aromatic N) is 1. The van der Waals surface area contributed by atoms with E-state index >= 15 is 0 Å². The van der Waals surface area contributed by atoms with Crippen molar-refractivity contribution in [2.75, 3.05) is 26.7 Å². The highest BCUT2D eigenvalue weighted by Gasteiger charge is 2.33. The number of nitrogens with one attached hydrogen (secondary N) is 1. The SMILES string of the molecule is COc1cccc(CN2CCNC(C3CC3)C2)c1. The minimum absolute atomic E-state index is 0.726. The average Bonchev–Trinajstić information content (AvgIpc) is 3.24. The van der Waals surface area contributed by atoms with Crippen LogP contribution >= 0.6 is 0 Å². The van der Waals surface area contributed by atoms with Crippen LogP contribution in [-0.2, 0) is 6.54 Å². The second-order valence-corrected chi connectivity index (χ2v) is 5.48. The van der Waals surface area contributed by atoms with Gasteiger partial charge in [-0.3, -0.25) is 4.90 Å². The van der Waals surface area contributed by atoms with Crippen LogP contribution in [0.4, 0.5) is 0 Å². The predicted octanol–water partition coefficient (Wildman–Crippen LogP) is 1.88. The molecule has 0 radical (unpaired) electrons. The molecule has 3 heteroatoms. The maximum atomic E-state index is 5.28. The van der Waals surface area contributed by atoms with Gasteiger partial charge in [-0.05, 0) is 36.5 Å². The quantitative estimate of drug-likeness (QED) is 0.878. The lowest BCUT2D eigenvalue weighted by molar-refractivity contribution is 0.181. The summed E-state index contributed by atoms with van der Waals surface area (Å²) in [4.78, 5) is 2.56. The van der Waals surface area contributed by atoms with Crippen molar-refractivity contribution < 1.29 is 4.74 Å². The highest BCUT2D eigenvalue weighted by molar-refractivity contribution is 5.28. The van der Waals surface area contributed by atoms with Crippen molar-refractivity contribution in [2.24, 2.45) is 5.92 Å². The van der Waals surface area contributed by atoms with Gasteiger partial charge in [0.15, 0.2) is 0 Å². The zero-order valence-corrected chi connectivity index (χ0v) is 11.1. The molecule has 1 N–H and O–H groups in total. The van der Waals surface area contributed by atoms with E-state index in [2.05, 4.69) is 28.4 Å². The molecule has 3 rings (SSSR count). The number of rotatable bonds is 4. The third kappa shape index (κ3) is 2.85. The summed E-state index contributed by atoms with van der Waals surface area (Å²) in [6.07, 6.45) is 2.84. The van der Waals surface area contributed by atoms with E-state index in [0.717, 1.165) is 37.3 Å².